The van der Waals surface area contributed by atoms with Gasteiger partial charge in [-0.1, -0.05) is 0 Å². The van der Waals surface area contributed by atoms with Crippen LogP contribution in [0.25, 0.3) is 28.0 Å². The van der Waals surface area contributed by atoms with E-state index < -0.39 is 0 Å². The Hall–Kier alpha value is -2.97. The van der Waals surface area contributed by atoms with E-state index in [1.165, 1.54) is 0 Å². The molecule has 8 nitrogen and oxygen atoms in total. The van der Waals surface area contributed by atoms with Gasteiger partial charge in [-0.25, -0.2) is 20.0 Å². The topological polar surface area (TPSA) is 105 Å². The summed E-state index contributed by atoms with van der Waals surface area (Å²) in [4.78, 5) is 12.8. The number of aliphatic hydroxyl groups is 1. The normalized spacial score (nSPS) is 14.8. The molecule has 0 saturated carbocycles. The van der Waals surface area contributed by atoms with Gasteiger partial charge in [0.1, 0.15) is 5.65 Å². The maximum atomic E-state index is 9.08. The number of aliphatic hydroxyl groups excluding tert-OH is 1. The number of aromatic nitrogens is 4. The van der Waals surface area contributed by atoms with Crippen LogP contribution in [0, 0.1) is 0 Å². The number of nitrogens with one attached hydrogen (secondary N) is 1. The Morgan fingerprint density at radius 1 is 1.25 bits per heavy atom. The number of nitrogens with two attached hydrogens (primary N) is 1. The number of hydrazine groups is 1. The summed E-state index contributed by atoms with van der Waals surface area (Å²) in [7, 11) is 0. The van der Waals surface area contributed by atoms with Gasteiger partial charge in [-0.2, -0.15) is 0 Å². The summed E-state index contributed by atoms with van der Waals surface area (Å²) in [6.07, 6.45) is 7.35. The maximum Gasteiger partial charge on any atom is 0.220 e. The molecule has 4 N–H and O–H groups in total. The van der Waals surface area contributed by atoms with Gasteiger partial charge in [0.2, 0.25) is 5.95 Å². The lowest BCUT2D eigenvalue weighted by Crippen LogP contribution is -2.33. The summed E-state index contributed by atoms with van der Waals surface area (Å²) in [5.41, 5.74) is 12.5. The second kappa shape index (κ2) is 5.91. The number of nitrogens with zero attached hydrogens (tertiary/aromatic N) is 5. The lowest BCUT2D eigenvalue weighted by molar-refractivity contribution is 0.189. The molecule has 0 amide bonds. The Bertz CT molecular complexity index is 918. The summed E-state index contributed by atoms with van der Waals surface area (Å²) in [6, 6.07) is 5.75. The SMILES string of the molecule is Nc1nccc(-c2cn(C3=CNN(CCO)C3)c3ncccc23)n1. The molecule has 0 aromatic carbocycles. The summed E-state index contributed by atoms with van der Waals surface area (Å²) in [6.45, 7) is 1.33. The molecule has 1 aliphatic heterocycles. The first-order valence-corrected chi connectivity index (χ1v) is 7.62. The van der Waals surface area contributed by atoms with Gasteiger partial charge in [0.25, 0.3) is 0 Å². The molecule has 122 valence electrons. The van der Waals surface area contributed by atoms with Gasteiger partial charge in [-0.05, 0) is 18.2 Å². The average molecular weight is 323 g/mol. The van der Waals surface area contributed by atoms with Gasteiger partial charge >= 0.3 is 0 Å². The Kier molecular flexibility index (Phi) is 3.60. The number of pyridine rings is 1. The molecule has 0 spiro atoms. The average Bonchev–Trinajstić information content (AvgIpc) is 3.19. The van der Waals surface area contributed by atoms with E-state index >= 15 is 0 Å². The Balaban J connectivity index is 1.81. The van der Waals surface area contributed by atoms with E-state index in [4.69, 9.17) is 10.8 Å². The van der Waals surface area contributed by atoms with Crippen LogP contribution in [-0.2, 0) is 0 Å². The first kappa shape index (κ1) is 14.6. The second-order valence-electron chi connectivity index (χ2n) is 5.50. The highest BCUT2D eigenvalue weighted by Gasteiger charge is 2.19. The van der Waals surface area contributed by atoms with Gasteiger partial charge in [0, 0.05) is 42.3 Å². The van der Waals surface area contributed by atoms with E-state index in [1.807, 2.05) is 40.2 Å². The van der Waals surface area contributed by atoms with Crippen molar-refractivity contribution < 1.29 is 5.11 Å². The fraction of sp³-hybridized carbons (Fsp3) is 0.188. The maximum absolute atomic E-state index is 9.08. The summed E-state index contributed by atoms with van der Waals surface area (Å²) >= 11 is 0. The molecule has 1 aliphatic rings. The largest absolute Gasteiger partial charge is 0.395 e. The van der Waals surface area contributed by atoms with E-state index in [9.17, 15) is 0 Å². The number of anilines is 1. The van der Waals surface area contributed by atoms with Crippen LogP contribution < -0.4 is 11.2 Å². The highest BCUT2D eigenvalue weighted by atomic mass is 16.3. The molecule has 0 bridgehead atoms. The second-order valence-corrected chi connectivity index (χ2v) is 5.50. The van der Waals surface area contributed by atoms with Gasteiger partial charge in [-0.15, -0.1) is 0 Å². The molecular formula is C16H17N7O. The molecule has 4 heterocycles. The number of hydrogen-bond donors (Lipinski definition) is 3. The van der Waals surface area contributed by atoms with Crippen molar-refractivity contribution in [2.45, 2.75) is 0 Å². The standard InChI is InChI=1S/C16H17N7O/c17-16-19-5-3-14(21-16)13-10-23(15-12(13)2-1-4-18-15)11-8-20-22(9-11)6-7-24/h1-5,8,10,20,24H,6-7,9H2,(H2,17,19,21). The third kappa shape index (κ3) is 2.47. The molecule has 3 aromatic heterocycles. The van der Waals surface area contributed by atoms with Crippen LogP contribution in [0.2, 0.25) is 0 Å². The smallest absolute Gasteiger partial charge is 0.220 e. The summed E-state index contributed by atoms with van der Waals surface area (Å²) in [5.74, 6) is 0.244. The zero-order valence-electron chi connectivity index (χ0n) is 12.9. The zero-order chi connectivity index (χ0) is 16.5. The van der Waals surface area contributed by atoms with Gasteiger partial charge < -0.3 is 20.8 Å². The minimum atomic E-state index is 0.101. The monoisotopic (exact) mass is 323 g/mol. The number of β-amino-alcohol motifs (C(OH)–C–C–N with tert-alkyl or cyclic N) is 1. The highest BCUT2D eigenvalue weighted by Crippen LogP contribution is 2.30. The third-order valence-electron chi connectivity index (χ3n) is 3.96. The van der Waals surface area contributed by atoms with Crippen LogP contribution >= 0.6 is 0 Å². The number of fused-ring (bicyclic) bond motifs is 1. The highest BCUT2D eigenvalue weighted by molar-refractivity contribution is 5.95. The fourth-order valence-corrected chi connectivity index (χ4v) is 2.87. The van der Waals surface area contributed by atoms with Crippen molar-refractivity contribution in [1.82, 2.24) is 30.0 Å². The van der Waals surface area contributed by atoms with Crippen LogP contribution in [-0.4, -0.2) is 49.3 Å². The van der Waals surface area contributed by atoms with Crippen LogP contribution in [0.3, 0.4) is 0 Å². The van der Waals surface area contributed by atoms with E-state index in [0.29, 0.717) is 13.1 Å². The van der Waals surface area contributed by atoms with Crippen LogP contribution in [0.5, 0.6) is 0 Å². The molecule has 0 saturated heterocycles. The summed E-state index contributed by atoms with van der Waals surface area (Å²) < 4.78 is 2.04. The van der Waals surface area contributed by atoms with Crippen molar-refractivity contribution in [1.29, 1.82) is 0 Å². The Morgan fingerprint density at radius 3 is 3.00 bits per heavy atom. The molecule has 4 rings (SSSR count). The van der Waals surface area contributed by atoms with Crippen LogP contribution in [0.4, 0.5) is 5.95 Å². The molecule has 8 heteroatoms. The van der Waals surface area contributed by atoms with Crippen LogP contribution in [0.15, 0.2) is 43.0 Å². The van der Waals surface area contributed by atoms with Crippen molar-refractivity contribution in [2.24, 2.45) is 0 Å². The molecule has 24 heavy (non-hydrogen) atoms. The third-order valence-corrected chi connectivity index (χ3v) is 3.96. The van der Waals surface area contributed by atoms with Crippen molar-refractivity contribution in [2.75, 3.05) is 25.4 Å². The van der Waals surface area contributed by atoms with E-state index in [-0.39, 0.29) is 12.6 Å². The Labute approximate surface area is 138 Å². The van der Waals surface area contributed by atoms with Gasteiger partial charge in [0.05, 0.1) is 24.5 Å². The quantitative estimate of drug-likeness (QED) is 0.648. The first-order chi connectivity index (χ1) is 11.8. The van der Waals surface area contributed by atoms with E-state index in [2.05, 4.69) is 20.4 Å². The number of nitrogen functional groups attached to an aromatic ring is 1. The van der Waals surface area contributed by atoms with Crippen molar-refractivity contribution in [3.8, 4) is 11.3 Å². The number of hydrogen-bond acceptors (Lipinski definition) is 7. The van der Waals surface area contributed by atoms with Crippen LogP contribution in [0.1, 0.15) is 0 Å². The zero-order valence-corrected chi connectivity index (χ0v) is 12.9. The number of rotatable bonds is 4. The molecule has 0 radical (unpaired) electrons. The van der Waals surface area contributed by atoms with E-state index in [1.54, 1.807) is 12.4 Å². The molecule has 0 unspecified atom stereocenters. The van der Waals surface area contributed by atoms with Gasteiger partial charge in [0.15, 0.2) is 0 Å². The predicted molar refractivity (Wildman–Crippen MR) is 91.2 cm³/mol. The molecule has 3 aromatic rings. The molecule has 0 fully saturated rings. The Morgan fingerprint density at radius 2 is 2.17 bits per heavy atom. The van der Waals surface area contributed by atoms with E-state index in [0.717, 1.165) is 28.0 Å². The molecule has 0 atom stereocenters. The molecule has 0 aliphatic carbocycles. The van der Waals surface area contributed by atoms with Gasteiger partial charge in [-0.3, -0.25) is 0 Å². The lowest BCUT2D eigenvalue weighted by atomic mass is 10.1. The fourth-order valence-electron chi connectivity index (χ4n) is 2.87. The minimum absolute atomic E-state index is 0.101. The predicted octanol–water partition coefficient (Wildman–Crippen LogP) is 0.686. The van der Waals surface area contributed by atoms with Crippen molar-refractivity contribution in [3.63, 3.8) is 0 Å². The van der Waals surface area contributed by atoms with Crippen molar-refractivity contribution in [3.05, 3.63) is 43.0 Å². The lowest BCUT2D eigenvalue weighted by Gasteiger charge is -2.14. The molecular weight excluding hydrogens is 306 g/mol. The van der Waals surface area contributed by atoms with Crippen molar-refractivity contribution >= 4 is 22.7 Å². The minimum Gasteiger partial charge on any atom is -0.395 e. The first-order valence-electron chi connectivity index (χ1n) is 7.62. The summed E-state index contributed by atoms with van der Waals surface area (Å²) in [5, 5.41) is 12.0.